The first-order valence-corrected chi connectivity index (χ1v) is 12.5. The molecule has 3 aliphatic heterocycles. The SMILES string of the molecule is CCCCCCNC(=O)OC[C@@H]1NC(N)=[N+]2C[C@H](OC(=O)c3ccc(C)cc3)C(O)(O)[C@@]23NC(N)=N[C@@H]13. The van der Waals surface area contributed by atoms with E-state index in [1.165, 1.54) is 4.58 Å². The minimum absolute atomic E-state index is 0.0589. The molecule has 0 bridgehead atoms. The second-order valence-corrected chi connectivity index (χ2v) is 9.67. The molecule has 1 saturated heterocycles. The Hall–Kier alpha value is -3.58. The van der Waals surface area contributed by atoms with Crippen LogP contribution in [0.25, 0.3) is 0 Å². The molecule has 1 fully saturated rings. The van der Waals surface area contributed by atoms with Gasteiger partial charge in [0.15, 0.2) is 18.1 Å². The van der Waals surface area contributed by atoms with Crippen LogP contribution < -0.4 is 27.4 Å². The number of nitrogens with one attached hydrogen (secondary N) is 3. The van der Waals surface area contributed by atoms with E-state index in [2.05, 4.69) is 27.9 Å². The Morgan fingerprint density at radius 3 is 2.65 bits per heavy atom. The third-order valence-electron chi connectivity index (χ3n) is 7.04. The fraction of sp³-hybridized carbons (Fsp3) is 0.583. The molecule has 202 valence electrons. The molecular weight excluding hydrogens is 482 g/mol. The van der Waals surface area contributed by atoms with Crippen LogP contribution in [-0.2, 0) is 9.47 Å². The van der Waals surface area contributed by atoms with Crippen LogP contribution in [-0.4, -0.2) is 88.1 Å². The summed E-state index contributed by atoms with van der Waals surface area (Å²) >= 11 is 0. The molecule has 3 heterocycles. The van der Waals surface area contributed by atoms with Gasteiger partial charge in [-0.1, -0.05) is 43.9 Å². The molecule has 4 rings (SSSR count). The van der Waals surface area contributed by atoms with Gasteiger partial charge in [-0.05, 0) is 25.5 Å². The number of guanidine groups is 2. The summed E-state index contributed by atoms with van der Waals surface area (Å²) in [4.78, 5) is 29.3. The number of amides is 1. The number of aliphatic imine (C=N–C) groups is 1. The number of aryl methyl sites for hydroxylation is 1. The molecular formula is C24H36N7O6+. The van der Waals surface area contributed by atoms with Gasteiger partial charge in [-0.15, -0.1) is 0 Å². The molecule has 13 heteroatoms. The van der Waals surface area contributed by atoms with Gasteiger partial charge in [0.2, 0.25) is 5.66 Å². The molecule has 1 aromatic carbocycles. The van der Waals surface area contributed by atoms with Crippen molar-refractivity contribution in [1.82, 2.24) is 16.0 Å². The number of hydrogen-bond donors (Lipinski definition) is 7. The zero-order valence-corrected chi connectivity index (χ0v) is 21.1. The number of hydrogen-bond acceptors (Lipinski definition) is 11. The smallest absolute Gasteiger partial charge is 0.407 e. The molecule has 0 aromatic heterocycles. The molecule has 0 unspecified atom stereocenters. The van der Waals surface area contributed by atoms with Crippen molar-refractivity contribution in [3.8, 4) is 0 Å². The predicted octanol–water partition coefficient (Wildman–Crippen LogP) is -1.20. The van der Waals surface area contributed by atoms with Crippen molar-refractivity contribution in [3.05, 3.63) is 35.4 Å². The zero-order chi connectivity index (χ0) is 26.8. The lowest BCUT2D eigenvalue weighted by Gasteiger charge is -2.43. The van der Waals surface area contributed by atoms with Crippen molar-refractivity contribution in [1.29, 1.82) is 0 Å². The summed E-state index contributed by atoms with van der Waals surface area (Å²) in [6.45, 7) is 4.15. The molecule has 37 heavy (non-hydrogen) atoms. The van der Waals surface area contributed by atoms with E-state index in [0.717, 1.165) is 31.2 Å². The highest BCUT2D eigenvalue weighted by atomic mass is 16.6. The van der Waals surface area contributed by atoms with Gasteiger partial charge in [0.1, 0.15) is 19.2 Å². The van der Waals surface area contributed by atoms with E-state index in [9.17, 15) is 19.8 Å². The molecule has 0 aliphatic carbocycles. The molecule has 1 aromatic rings. The number of carbonyl (C=O) groups excluding carboxylic acids is 2. The first-order chi connectivity index (χ1) is 17.6. The number of alkyl carbamates (subject to hydrolysis) is 1. The van der Waals surface area contributed by atoms with E-state index < -0.39 is 41.7 Å². The number of nitrogens with two attached hydrogens (primary N) is 2. The Bertz CT molecular complexity index is 1090. The molecule has 1 spiro atoms. The van der Waals surface area contributed by atoms with Gasteiger partial charge in [-0.3, -0.25) is 11.1 Å². The average molecular weight is 519 g/mol. The van der Waals surface area contributed by atoms with Crippen molar-refractivity contribution >= 4 is 24.0 Å². The predicted molar refractivity (Wildman–Crippen MR) is 134 cm³/mol. The first kappa shape index (κ1) is 26.5. The van der Waals surface area contributed by atoms with Gasteiger partial charge in [-0.25, -0.2) is 19.2 Å². The van der Waals surface area contributed by atoms with Gasteiger partial charge in [-0.2, -0.15) is 0 Å². The number of carbonyl (C=O) groups is 2. The van der Waals surface area contributed by atoms with Crippen molar-refractivity contribution in [2.24, 2.45) is 16.5 Å². The van der Waals surface area contributed by atoms with Crippen LogP contribution >= 0.6 is 0 Å². The fourth-order valence-corrected chi connectivity index (χ4v) is 5.08. The number of unbranched alkanes of at least 4 members (excludes halogenated alkanes) is 3. The van der Waals surface area contributed by atoms with Gasteiger partial charge in [0.05, 0.1) is 5.56 Å². The summed E-state index contributed by atoms with van der Waals surface area (Å²) in [6.07, 6.45) is 2.04. The third kappa shape index (κ3) is 4.88. The Balaban J connectivity index is 1.48. The molecule has 13 nitrogen and oxygen atoms in total. The molecule has 3 aliphatic rings. The Labute approximate surface area is 214 Å². The van der Waals surface area contributed by atoms with Crippen molar-refractivity contribution in [2.75, 3.05) is 19.7 Å². The number of ether oxygens (including phenoxy) is 2. The van der Waals surface area contributed by atoms with Crippen LogP contribution in [0.15, 0.2) is 29.3 Å². The standard InChI is InChI=1S/C24H35N7O6/c1-3-4-5-6-11-27-22(33)36-13-16-18-23(30-20(25)29-18)24(34,35)17(12-31(23)21(26)28-16)37-19(32)15-9-7-14(2)8-10-15/h7-10,16-18,34-35H,3-6,11-13H2,1-2H3,(H6,25,26,27,28,29,30,33)/p+1/t16-,17-,18-,23-/m0/s1. The maximum Gasteiger partial charge on any atom is 0.407 e. The van der Waals surface area contributed by atoms with Crippen LogP contribution in [0.5, 0.6) is 0 Å². The summed E-state index contributed by atoms with van der Waals surface area (Å²) in [5, 5.41) is 31.3. The van der Waals surface area contributed by atoms with Gasteiger partial charge >= 0.3 is 18.0 Å². The number of benzene rings is 1. The van der Waals surface area contributed by atoms with Crippen molar-refractivity contribution in [3.63, 3.8) is 0 Å². The average Bonchev–Trinajstić information content (AvgIpc) is 3.32. The summed E-state index contributed by atoms with van der Waals surface area (Å²) in [5.41, 5.74) is 11.7. The van der Waals surface area contributed by atoms with E-state index in [1.54, 1.807) is 24.3 Å². The Morgan fingerprint density at radius 1 is 1.22 bits per heavy atom. The van der Waals surface area contributed by atoms with Crippen LogP contribution in [0.2, 0.25) is 0 Å². The Kier molecular flexibility index (Phi) is 7.46. The van der Waals surface area contributed by atoms with Crippen LogP contribution in [0.4, 0.5) is 4.79 Å². The number of aliphatic hydroxyl groups is 2. The maximum atomic E-state index is 12.8. The van der Waals surface area contributed by atoms with E-state index in [0.29, 0.717) is 6.54 Å². The molecule has 0 saturated carbocycles. The lowest BCUT2D eigenvalue weighted by Crippen LogP contribution is -2.78. The summed E-state index contributed by atoms with van der Waals surface area (Å²) in [5.74, 6) is -3.38. The van der Waals surface area contributed by atoms with Gasteiger partial charge in [0.25, 0.3) is 5.79 Å². The van der Waals surface area contributed by atoms with E-state index in [4.69, 9.17) is 20.9 Å². The maximum absolute atomic E-state index is 12.8. The summed E-state index contributed by atoms with van der Waals surface area (Å²) in [6, 6.07) is 5.00. The monoisotopic (exact) mass is 518 g/mol. The molecule has 1 amide bonds. The summed E-state index contributed by atoms with van der Waals surface area (Å²) < 4.78 is 12.3. The van der Waals surface area contributed by atoms with Crippen molar-refractivity contribution < 1.29 is 33.9 Å². The van der Waals surface area contributed by atoms with E-state index in [1.807, 2.05) is 6.92 Å². The quantitative estimate of drug-likeness (QED) is 0.0903. The number of rotatable bonds is 9. The zero-order valence-electron chi connectivity index (χ0n) is 21.1. The number of esters is 1. The van der Waals surface area contributed by atoms with Crippen LogP contribution in [0.1, 0.15) is 48.5 Å². The van der Waals surface area contributed by atoms with Gasteiger partial charge < -0.3 is 36.1 Å². The minimum atomic E-state index is -2.66. The fourth-order valence-electron chi connectivity index (χ4n) is 5.08. The van der Waals surface area contributed by atoms with E-state index in [-0.39, 0.29) is 30.6 Å². The van der Waals surface area contributed by atoms with Crippen LogP contribution in [0.3, 0.4) is 0 Å². The second-order valence-electron chi connectivity index (χ2n) is 9.67. The number of nitrogens with zero attached hydrogens (tertiary/aromatic N) is 2. The molecule has 0 radical (unpaired) electrons. The largest absolute Gasteiger partial charge is 0.449 e. The highest BCUT2D eigenvalue weighted by molar-refractivity contribution is 5.89. The highest BCUT2D eigenvalue weighted by Crippen LogP contribution is 2.42. The molecule has 4 atom stereocenters. The van der Waals surface area contributed by atoms with Crippen LogP contribution in [0, 0.1) is 6.92 Å². The minimum Gasteiger partial charge on any atom is -0.449 e. The highest BCUT2D eigenvalue weighted by Gasteiger charge is 2.76. The summed E-state index contributed by atoms with van der Waals surface area (Å²) in [7, 11) is 0. The lowest BCUT2D eigenvalue weighted by atomic mass is 9.86. The first-order valence-electron chi connectivity index (χ1n) is 12.5. The second kappa shape index (κ2) is 10.4. The van der Waals surface area contributed by atoms with Gasteiger partial charge in [0, 0.05) is 6.54 Å². The van der Waals surface area contributed by atoms with Crippen molar-refractivity contribution in [2.45, 2.75) is 69.2 Å². The molecule has 9 N–H and O–H groups in total. The van der Waals surface area contributed by atoms with E-state index >= 15 is 0 Å². The lowest BCUT2D eigenvalue weighted by molar-refractivity contribution is -0.623. The Morgan fingerprint density at radius 2 is 1.95 bits per heavy atom. The topological polar surface area (TPSA) is 197 Å². The third-order valence-corrected chi connectivity index (χ3v) is 7.04. The normalized spacial score (nSPS) is 27.4.